The third-order valence-electron chi connectivity index (χ3n) is 10.2. The number of rotatable bonds is 4. The van der Waals surface area contributed by atoms with Gasteiger partial charge in [0.25, 0.3) is 0 Å². The number of nitrogens with zero attached hydrogens (tertiary/aromatic N) is 7. The lowest BCUT2D eigenvalue weighted by molar-refractivity contribution is -0.148. The second-order valence-electron chi connectivity index (χ2n) is 15.3. The van der Waals surface area contributed by atoms with Gasteiger partial charge in [-0.25, -0.2) is 0 Å². The van der Waals surface area contributed by atoms with Crippen LogP contribution in [0.15, 0.2) is 24.3 Å². The van der Waals surface area contributed by atoms with Crippen molar-refractivity contribution in [3.05, 3.63) is 63.7 Å². The first kappa shape index (κ1) is 46.6. The summed E-state index contributed by atoms with van der Waals surface area (Å²) in [5, 5.41) is 6.83. The molecule has 1 aromatic heterocycles. The second kappa shape index (κ2) is 18.0. The molecule has 3 aromatic rings. The van der Waals surface area contributed by atoms with E-state index in [1.54, 1.807) is 13.0 Å². The first-order chi connectivity index (χ1) is 26.4. The molecule has 7 rings (SSSR count). The van der Waals surface area contributed by atoms with E-state index < -0.39 is 35.5 Å². The highest BCUT2D eigenvalue weighted by molar-refractivity contribution is 5.97. The number of anilines is 1. The molecule has 4 aliphatic rings. The maximum Gasteiger partial charge on any atom is 0.451 e. The van der Waals surface area contributed by atoms with Crippen molar-refractivity contribution in [3.63, 3.8) is 0 Å². The summed E-state index contributed by atoms with van der Waals surface area (Å²) < 4.78 is 128. The molecule has 1 fully saturated rings. The zero-order chi connectivity index (χ0) is 42.2. The predicted molar refractivity (Wildman–Crippen MR) is 199 cm³/mol. The quantitative estimate of drug-likeness (QED) is 0.241. The number of amides is 1. The maximum absolute atomic E-state index is 13.2. The minimum atomic E-state index is -4.45. The number of halogens is 9. The summed E-state index contributed by atoms with van der Waals surface area (Å²) in [5.41, 5.74) is 0.550. The standard InChI is InChI=1S/C16H19F3N2O2.C13H16F3NO.C9H13F3N4.CH4/c1-10(2)20-8-11-6-12(16(17,18)19)7-13(15(11)23-9-20)21-5-3-4-14(21)22;1-8(2)17-6-10-4-9(3)5-11(13(14,15)16)12(10)18-7-17;1-6(2)15-3-4-16-7(5-15)13-14-8(16)9(10,11)12;/h6-7,10H,3-5,8-9H2,1-2H3;4-5,8H,6-7H2,1-3H3;6H,3-5H2,1-2H3;1H4. The fourth-order valence-corrected chi connectivity index (χ4v) is 6.88. The molecular weight excluding hydrogens is 785 g/mol. The van der Waals surface area contributed by atoms with Crippen LogP contribution in [0.1, 0.15) is 101 Å². The molecule has 0 saturated carbocycles. The molecule has 0 unspecified atom stereocenters. The Morgan fingerprint density at radius 1 is 0.655 bits per heavy atom. The largest absolute Gasteiger partial charge is 0.477 e. The van der Waals surface area contributed by atoms with E-state index in [0.29, 0.717) is 93.1 Å². The molecule has 4 aliphatic heterocycles. The van der Waals surface area contributed by atoms with Crippen LogP contribution in [0.2, 0.25) is 0 Å². The van der Waals surface area contributed by atoms with Crippen molar-refractivity contribution in [3.8, 4) is 11.5 Å². The van der Waals surface area contributed by atoms with E-state index in [-0.39, 0.29) is 43.6 Å². The van der Waals surface area contributed by atoms with E-state index in [4.69, 9.17) is 9.47 Å². The maximum atomic E-state index is 13.2. The summed E-state index contributed by atoms with van der Waals surface area (Å²) in [6.07, 6.45) is -12.2. The lowest BCUT2D eigenvalue weighted by Gasteiger charge is -2.34. The smallest absolute Gasteiger partial charge is 0.451 e. The Morgan fingerprint density at radius 3 is 1.72 bits per heavy atom. The van der Waals surface area contributed by atoms with Crippen LogP contribution in [0.25, 0.3) is 0 Å². The van der Waals surface area contributed by atoms with Gasteiger partial charge in [-0.2, -0.15) is 39.5 Å². The Bertz CT molecular complexity index is 1890. The lowest BCUT2D eigenvalue weighted by atomic mass is 10.0. The molecule has 0 bridgehead atoms. The summed E-state index contributed by atoms with van der Waals surface area (Å²) >= 11 is 0. The molecule has 1 amide bonds. The highest BCUT2D eigenvalue weighted by Crippen LogP contribution is 2.44. The Hall–Kier alpha value is -4.10. The molecule has 2 aromatic carbocycles. The highest BCUT2D eigenvalue weighted by Gasteiger charge is 2.41. The summed E-state index contributed by atoms with van der Waals surface area (Å²) in [7, 11) is 0. The number of aromatic nitrogens is 3. The van der Waals surface area contributed by atoms with Crippen LogP contribution < -0.4 is 14.4 Å². The molecule has 324 valence electrons. The van der Waals surface area contributed by atoms with Crippen molar-refractivity contribution < 1.29 is 53.8 Å². The number of hydrogen-bond acceptors (Lipinski definition) is 8. The van der Waals surface area contributed by atoms with Crippen molar-refractivity contribution >= 4 is 11.6 Å². The van der Waals surface area contributed by atoms with Gasteiger partial charge in [-0.3, -0.25) is 19.5 Å². The molecule has 0 atom stereocenters. The van der Waals surface area contributed by atoms with Gasteiger partial charge in [-0.05, 0) is 78.6 Å². The van der Waals surface area contributed by atoms with Crippen molar-refractivity contribution in [2.45, 2.75) is 132 Å². The van der Waals surface area contributed by atoms with Crippen molar-refractivity contribution in [1.82, 2.24) is 29.5 Å². The lowest BCUT2D eigenvalue weighted by Crippen LogP contribution is -2.39. The molecule has 58 heavy (non-hydrogen) atoms. The Kier molecular flexibility index (Phi) is 14.5. The topological polar surface area (TPSA) is 79.2 Å². The molecule has 0 aliphatic carbocycles. The van der Waals surface area contributed by atoms with Crippen molar-refractivity contribution in [2.24, 2.45) is 0 Å². The third kappa shape index (κ3) is 10.7. The van der Waals surface area contributed by atoms with Gasteiger partial charge < -0.3 is 18.9 Å². The van der Waals surface area contributed by atoms with Gasteiger partial charge in [0.15, 0.2) is 0 Å². The van der Waals surface area contributed by atoms with E-state index in [1.165, 1.54) is 9.47 Å². The molecule has 5 heterocycles. The van der Waals surface area contributed by atoms with Crippen LogP contribution in [0.5, 0.6) is 11.5 Å². The van der Waals surface area contributed by atoms with Gasteiger partial charge in [0.05, 0.1) is 23.4 Å². The normalized spacial score (nSPS) is 17.7. The first-order valence-corrected chi connectivity index (χ1v) is 18.7. The zero-order valence-corrected chi connectivity index (χ0v) is 32.9. The highest BCUT2D eigenvalue weighted by atomic mass is 19.4. The molecule has 19 heteroatoms. The average molecular weight is 838 g/mol. The Balaban J connectivity index is 0.000000194. The number of alkyl halides is 9. The number of fused-ring (bicyclic) bond motifs is 3. The Morgan fingerprint density at radius 2 is 1.22 bits per heavy atom. The molecule has 0 spiro atoms. The minimum Gasteiger partial charge on any atom is -0.477 e. The molecule has 0 N–H and O–H groups in total. The minimum absolute atomic E-state index is 0. The number of benzene rings is 2. The SMILES string of the molecule is C.CC(C)N1CCn2c(nnc2C(F)(F)F)C1.CC(C)N1COc2c(cc(C(F)(F)F)cc2N2CCCC2=O)C1.Cc1cc2c(c(C(F)(F)F)c1)OCN(C(C)C)C2. The summed E-state index contributed by atoms with van der Waals surface area (Å²) in [4.78, 5) is 19.4. The van der Waals surface area contributed by atoms with Gasteiger partial charge in [0, 0.05) is 68.4 Å². The van der Waals surface area contributed by atoms with Gasteiger partial charge in [-0.1, -0.05) is 13.5 Å². The van der Waals surface area contributed by atoms with Crippen LogP contribution in [0.4, 0.5) is 45.2 Å². The van der Waals surface area contributed by atoms with Crippen LogP contribution in [0, 0.1) is 6.92 Å². The Labute approximate surface area is 332 Å². The average Bonchev–Trinajstić information content (AvgIpc) is 3.76. The van der Waals surface area contributed by atoms with Gasteiger partial charge in [-0.15, -0.1) is 10.2 Å². The molecular formula is C39H52F9N7O3. The van der Waals surface area contributed by atoms with Crippen LogP contribution in [0.3, 0.4) is 0 Å². The number of carbonyl (C=O) groups excluding carboxylic acids is 1. The number of ether oxygens (including phenoxy) is 2. The van der Waals surface area contributed by atoms with Crippen LogP contribution in [-0.4, -0.2) is 80.0 Å². The van der Waals surface area contributed by atoms with Gasteiger partial charge in [0.1, 0.15) is 30.8 Å². The van der Waals surface area contributed by atoms with Gasteiger partial charge >= 0.3 is 18.5 Å². The number of carbonyl (C=O) groups is 1. The van der Waals surface area contributed by atoms with E-state index in [1.807, 2.05) is 51.3 Å². The van der Waals surface area contributed by atoms with E-state index in [9.17, 15) is 44.3 Å². The number of aryl methyl sites for hydroxylation is 1. The molecule has 0 radical (unpaired) electrons. The van der Waals surface area contributed by atoms with E-state index in [0.717, 1.165) is 18.2 Å². The van der Waals surface area contributed by atoms with Crippen molar-refractivity contribution in [1.29, 1.82) is 0 Å². The fraction of sp³-hybridized carbons (Fsp3) is 0.615. The van der Waals surface area contributed by atoms with Gasteiger partial charge in [0.2, 0.25) is 11.7 Å². The second-order valence-corrected chi connectivity index (χ2v) is 15.3. The van der Waals surface area contributed by atoms with Crippen LogP contribution >= 0.6 is 0 Å². The van der Waals surface area contributed by atoms with E-state index >= 15 is 0 Å². The van der Waals surface area contributed by atoms with E-state index in [2.05, 4.69) is 15.1 Å². The van der Waals surface area contributed by atoms with Crippen LogP contribution in [-0.2, 0) is 49.5 Å². The summed E-state index contributed by atoms with van der Waals surface area (Å²) in [6.45, 7) is 16.8. The zero-order valence-electron chi connectivity index (χ0n) is 32.9. The molecule has 1 saturated heterocycles. The summed E-state index contributed by atoms with van der Waals surface area (Å²) in [5.74, 6) is -0.241. The number of hydrogen-bond donors (Lipinski definition) is 0. The summed E-state index contributed by atoms with van der Waals surface area (Å²) in [6, 6.07) is 5.78. The van der Waals surface area contributed by atoms with Crippen molar-refractivity contribution in [2.75, 3.05) is 31.5 Å². The predicted octanol–water partition coefficient (Wildman–Crippen LogP) is 9.12. The molecule has 10 nitrogen and oxygen atoms in total. The third-order valence-corrected chi connectivity index (χ3v) is 10.2. The first-order valence-electron chi connectivity index (χ1n) is 18.7. The monoisotopic (exact) mass is 837 g/mol. The fourth-order valence-electron chi connectivity index (χ4n) is 6.88.